The molecular weight excluding hydrogens is 308 g/mol. The lowest BCUT2D eigenvalue weighted by Gasteiger charge is -2.35. The molecular formula is C18H28N2O2S. The number of likely N-dealkylation sites (N-methyl/N-ethyl adjacent to an activating group) is 1. The van der Waals surface area contributed by atoms with E-state index in [9.17, 15) is 4.79 Å². The van der Waals surface area contributed by atoms with E-state index in [2.05, 4.69) is 36.0 Å². The van der Waals surface area contributed by atoms with Crippen LogP contribution in [0.1, 0.15) is 19.3 Å². The summed E-state index contributed by atoms with van der Waals surface area (Å²) in [6.45, 7) is 3.27. The summed E-state index contributed by atoms with van der Waals surface area (Å²) in [7, 11) is 4.11. The molecule has 0 spiro atoms. The van der Waals surface area contributed by atoms with Crippen LogP contribution in [-0.4, -0.2) is 67.9 Å². The third kappa shape index (κ3) is 6.53. The molecule has 4 nitrogen and oxygen atoms in total. The maximum Gasteiger partial charge on any atom is 0.223 e. The Bertz CT molecular complexity index is 461. The smallest absolute Gasteiger partial charge is 0.223 e. The van der Waals surface area contributed by atoms with E-state index in [-0.39, 0.29) is 5.91 Å². The van der Waals surface area contributed by atoms with Crippen LogP contribution in [0.3, 0.4) is 0 Å². The first-order chi connectivity index (χ1) is 11.2. The van der Waals surface area contributed by atoms with E-state index >= 15 is 0 Å². The van der Waals surface area contributed by atoms with Gasteiger partial charge in [0.05, 0.1) is 0 Å². The highest BCUT2D eigenvalue weighted by Crippen LogP contribution is 2.20. The van der Waals surface area contributed by atoms with Gasteiger partial charge in [-0.15, -0.1) is 11.8 Å². The second-order valence-electron chi connectivity index (χ2n) is 6.15. The van der Waals surface area contributed by atoms with Gasteiger partial charge in [0.2, 0.25) is 5.91 Å². The monoisotopic (exact) mass is 336 g/mol. The Morgan fingerprint density at radius 1 is 1.17 bits per heavy atom. The highest BCUT2D eigenvalue weighted by molar-refractivity contribution is 7.99. The minimum Gasteiger partial charge on any atom is -0.381 e. The van der Waals surface area contributed by atoms with E-state index in [0.717, 1.165) is 44.9 Å². The normalized spacial score (nSPS) is 15.8. The lowest BCUT2D eigenvalue weighted by molar-refractivity contribution is -0.135. The highest BCUT2D eigenvalue weighted by Gasteiger charge is 2.25. The average molecular weight is 337 g/mol. The molecule has 128 valence electrons. The van der Waals surface area contributed by atoms with Gasteiger partial charge in [-0.3, -0.25) is 4.79 Å². The van der Waals surface area contributed by atoms with Gasteiger partial charge >= 0.3 is 0 Å². The fourth-order valence-electron chi connectivity index (χ4n) is 2.73. The van der Waals surface area contributed by atoms with E-state index in [0.29, 0.717) is 12.5 Å². The summed E-state index contributed by atoms with van der Waals surface area (Å²) in [5.41, 5.74) is 0. The number of nitrogens with zero attached hydrogens (tertiary/aromatic N) is 2. The number of ether oxygens (including phenoxy) is 1. The molecule has 1 saturated heterocycles. The van der Waals surface area contributed by atoms with Crippen molar-refractivity contribution in [2.45, 2.75) is 30.2 Å². The van der Waals surface area contributed by atoms with E-state index in [1.165, 1.54) is 4.90 Å². The van der Waals surface area contributed by atoms with E-state index in [1.807, 2.05) is 18.2 Å². The van der Waals surface area contributed by atoms with Crippen molar-refractivity contribution in [2.24, 2.45) is 0 Å². The Balaban J connectivity index is 1.84. The SMILES string of the molecule is CN(C)CCN(C(=O)CCSc1ccccc1)C1CCOCC1. The fraction of sp³-hybridized carbons (Fsp3) is 0.611. The summed E-state index contributed by atoms with van der Waals surface area (Å²) < 4.78 is 5.44. The summed E-state index contributed by atoms with van der Waals surface area (Å²) in [5, 5.41) is 0. The van der Waals surface area contributed by atoms with E-state index in [4.69, 9.17) is 4.74 Å². The Kier molecular flexibility index (Phi) is 7.92. The standard InChI is InChI=1S/C18H28N2O2S/c1-19(2)11-12-20(16-8-13-22-14-9-16)18(21)10-15-23-17-6-4-3-5-7-17/h3-7,16H,8-15H2,1-2H3. The second-order valence-corrected chi connectivity index (χ2v) is 7.31. The molecule has 0 atom stereocenters. The summed E-state index contributed by atoms with van der Waals surface area (Å²) >= 11 is 1.75. The van der Waals surface area contributed by atoms with Crippen LogP contribution >= 0.6 is 11.8 Å². The average Bonchev–Trinajstić information content (AvgIpc) is 2.57. The van der Waals surface area contributed by atoms with Crippen molar-refractivity contribution in [1.82, 2.24) is 9.80 Å². The summed E-state index contributed by atoms with van der Waals surface area (Å²) in [6, 6.07) is 10.6. The largest absolute Gasteiger partial charge is 0.381 e. The number of rotatable bonds is 8. The first kappa shape index (κ1) is 18.3. The highest BCUT2D eigenvalue weighted by atomic mass is 32.2. The van der Waals surface area contributed by atoms with Crippen molar-refractivity contribution < 1.29 is 9.53 Å². The fourth-order valence-corrected chi connectivity index (χ4v) is 3.59. The summed E-state index contributed by atoms with van der Waals surface area (Å²) in [5.74, 6) is 1.12. The van der Waals surface area contributed by atoms with E-state index < -0.39 is 0 Å². The molecule has 0 N–H and O–H groups in total. The number of hydrogen-bond acceptors (Lipinski definition) is 4. The Labute approximate surface area is 144 Å². The van der Waals surface area contributed by atoms with Gasteiger partial charge in [-0.2, -0.15) is 0 Å². The topological polar surface area (TPSA) is 32.8 Å². The molecule has 1 fully saturated rings. The molecule has 2 rings (SSSR count). The Morgan fingerprint density at radius 3 is 2.52 bits per heavy atom. The maximum absolute atomic E-state index is 12.7. The molecule has 5 heteroatoms. The van der Waals surface area contributed by atoms with Gasteiger partial charge in [0.25, 0.3) is 0 Å². The van der Waals surface area contributed by atoms with Crippen molar-refractivity contribution in [3.05, 3.63) is 30.3 Å². The minimum atomic E-state index is 0.280. The molecule has 0 unspecified atom stereocenters. The number of thioether (sulfide) groups is 1. The van der Waals surface area contributed by atoms with Gasteiger partial charge in [-0.05, 0) is 39.1 Å². The zero-order valence-electron chi connectivity index (χ0n) is 14.2. The van der Waals surface area contributed by atoms with Crippen molar-refractivity contribution in [1.29, 1.82) is 0 Å². The van der Waals surface area contributed by atoms with Crippen LogP contribution in [0, 0.1) is 0 Å². The molecule has 0 aliphatic carbocycles. The number of amides is 1. The van der Waals surface area contributed by atoms with Gasteiger partial charge in [0.1, 0.15) is 0 Å². The van der Waals surface area contributed by atoms with Crippen LogP contribution in [0.15, 0.2) is 35.2 Å². The number of benzene rings is 1. The predicted octanol–water partition coefficient (Wildman–Crippen LogP) is 2.74. The molecule has 0 aromatic heterocycles. The number of carbonyl (C=O) groups excluding carboxylic acids is 1. The molecule has 1 aliphatic rings. The first-order valence-corrected chi connectivity index (χ1v) is 9.35. The van der Waals surface area contributed by atoms with Gasteiger partial charge in [0, 0.05) is 49.4 Å². The lowest BCUT2D eigenvalue weighted by Crippen LogP contribution is -2.46. The maximum atomic E-state index is 12.7. The van der Waals surface area contributed by atoms with Crippen LogP contribution in [-0.2, 0) is 9.53 Å². The summed E-state index contributed by atoms with van der Waals surface area (Å²) in [6.07, 6.45) is 2.53. The van der Waals surface area contributed by atoms with Gasteiger partial charge in [-0.1, -0.05) is 18.2 Å². The zero-order chi connectivity index (χ0) is 16.5. The lowest BCUT2D eigenvalue weighted by atomic mass is 10.1. The van der Waals surface area contributed by atoms with Crippen molar-refractivity contribution >= 4 is 17.7 Å². The molecule has 1 aromatic rings. The third-order valence-electron chi connectivity index (χ3n) is 4.07. The van der Waals surface area contributed by atoms with Crippen molar-refractivity contribution in [3.63, 3.8) is 0 Å². The van der Waals surface area contributed by atoms with Crippen LogP contribution < -0.4 is 0 Å². The first-order valence-electron chi connectivity index (χ1n) is 8.36. The minimum absolute atomic E-state index is 0.280. The molecule has 0 radical (unpaired) electrons. The van der Waals surface area contributed by atoms with Crippen LogP contribution in [0.4, 0.5) is 0 Å². The second kappa shape index (κ2) is 9.96. The van der Waals surface area contributed by atoms with Gasteiger partial charge < -0.3 is 14.5 Å². The molecule has 1 aromatic carbocycles. The van der Waals surface area contributed by atoms with Gasteiger partial charge in [-0.25, -0.2) is 0 Å². The third-order valence-corrected chi connectivity index (χ3v) is 5.08. The van der Waals surface area contributed by atoms with Crippen molar-refractivity contribution in [2.75, 3.05) is 46.2 Å². The molecule has 1 aliphatic heterocycles. The summed E-state index contributed by atoms with van der Waals surface area (Å²) in [4.78, 5) is 18.2. The predicted molar refractivity (Wildman–Crippen MR) is 95.9 cm³/mol. The quantitative estimate of drug-likeness (QED) is 0.684. The van der Waals surface area contributed by atoms with Crippen LogP contribution in [0.2, 0.25) is 0 Å². The van der Waals surface area contributed by atoms with Gasteiger partial charge in [0.15, 0.2) is 0 Å². The zero-order valence-corrected chi connectivity index (χ0v) is 15.1. The van der Waals surface area contributed by atoms with E-state index in [1.54, 1.807) is 11.8 Å². The molecule has 0 bridgehead atoms. The van der Waals surface area contributed by atoms with Crippen LogP contribution in [0.25, 0.3) is 0 Å². The Hall–Kier alpha value is -1.04. The van der Waals surface area contributed by atoms with Crippen molar-refractivity contribution in [3.8, 4) is 0 Å². The molecule has 23 heavy (non-hydrogen) atoms. The molecule has 1 amide bonds. The molecule has 0 saturated carbocycles. The molecule has 1 heterocycles. The number of carbonyl (C=O) groups is 1. The van der Waals surface area contributed by atoms with Crippen LogP contribution in [0.5, 0.6) is 0 Å². The Morgan fingerprint density at radius 2 is 1.87 bits per heavy atom. The number of hydrogen-bond donors (Lipinski definition) is 0.